The van der Waals surface area contributed by atoms with Gasteiger partial charge in [-0.3, -0.25) is 0 Å². The van der Waals surface area contributed by atoms with Crippen LogP contribution in [0.3, 0.4) is 0 Å². The van der Waals surface area contributed by atoms with Gasteiger partial charge in [-0.05, 0) is 26.0 Å². The summed E-state index contributed by atoms with van der Waals surface area (Å²) in [6, 6.07) is 7.30. The molecule has 21 heavy (non-hydrogen) atoms. The molecular formula is C14H18ClN3O2S. The van der Waals surface area contributed by atoms with Crippen molar-refractivity contribution < 1.29 is 9.84 Å². The predicted octanol–water partition coefficient (Wildman–Crippen LogP) is 2.91. The third-order valence-corrected chi connectivity index (χ3v) is 4.45. The van der Waals surface area contributed by atoms with Crippen molar-refractivity contribution in [2.45, 2.75) is 31.2 Å². The molecule has 0 fully saturated rings. The molecule has 0 bridgehead atoms. The summed E-state index contributed by atoms with van der Waals surface area (Å²) < 4.78 is 7.50. The van der Waals surface area contributed by atoms with Crippen LogP contribution in [0.1, 0.15) is 19.7 Å². The molecule has 0 radical (unpaired) electrons. The van der Waals surface area contributed by atoms with E-state index < -0.39 is 5.60 Å². The van der Waals surface area contributed by atoms with Gasteiger partial charge < -0.3 is 14.4 Å². The van der Waals surface area contributed by atoms with Gasteiger partial charge in [-0.25, -0.2) is 0 Å². The smallest absolute Gasteiger partial charge is 0.191 e. The molecule has 0 amide bonds. The van der Waals surface area contributed by atoms with Crippen LogP contribution in [0, 0.1) is 0 Å². The summed E-state index contributed by atoms with van der Waals surface area (Å²) in [6.07, 6.45) is 0. The SMILES string of the molecule is Cn1c(COc2ccccc2Cl)nnc1SCC(C)(C)O. The lowest BCUT2D eigenvalue weighted by atomic mass is 10.2. The second kappa shape index (κ2) is 6.68. The number of aromatic nitrogens is 3. The summed E-state index contributed by atoms with van der Waals surface area (Å²) in [5.41, 5.74) is -0.745. The van der Waals surface area contributed by atoms with Crippen LogP contribution in [0.15, 0.2) is 29.4 Å². The Labute approximate surface area is 133 Å². The average Bonchev–Trinajstić information content (AvgIpc) is 2.76. The molecule has 1 aromatic heterocycles. The van der Waals surface area contributed by atoms with Gasteiger partial charge in [-0.1, -0.05) is 35.5 Å². The van der Waals surface area contributed by atoms with E-state index in [0.29, 0.717) is 22.3 Å². The molecule has 2 rings (SSSR count). The predicted molar refractivity (Wildman–Crippen MR) is 83.8 cm³/mol. The molecule has 0 atom stereocenters. The highest BCUT2D eigenvalue weighted by atomic mass is 35.5. The molecule has 1 aromatic carbocycles. The number of nitrogens with zero attached hydrogens (tertiary/aromatic N) is 3. The maximum Gasteiger partial charge on any atom is 0.191 e. The molecular weight excluding hydrogens is 310 g/mol. The van der Waals surface area contributed by atoms with Crippen LogP contribution in [0.5, 0.6) is 5.75 Å². The molecule has 0 saturated carbocycles. The van der Waals surface area contributed by atoms with Crippen molar-refractivity contribution in [3.8, 4) is 5.75 Å². The minimum absolute atomic E-state index is 0.288. The van der Waals surface area contributed by atoms with Gasteiger partial charge in [0.15, 0.2) is 11.0 Å². The quantitative estimate of drug-likeness (QED) is 0.827. The Morgan fingerprint density at radius 2 is 2.05 bits per heavy atom. The Hall–Kier alpha value is -1.24. The van der Waals surface area contributed by atoms with E-state index in [4.69, 9.17) is 16.3 Å². The van der Waals surface area contributed by atoms with Gasteiger partial charge in [0.1, 0.15) is 12.4 Å². The molecule has 7 heteroatoms. The van der Waals surface area contributed by atoms with Gasteiger partial charge in [0.2, 0.25) is 0 Å². The number of rotatable bonds is 6. The Bertz CT molecular complexity index is 611. The number of para-hydroxylation sites is 1. The Kier molecular flexibility index (Phi) is 5.13. The standard InChI is InChI=1S/C14H18ClN3O2S/c1-14(2,19)9-21-13-17-16-12(18(13)3)8-20-11-7-5-4-6-10(11)15/h4-7,19H,8-9H2,1-3H3. The molecule has 1 N–H and O–H groups in total. The van der Waals surface area contributed by atoms with Gasteiger partial charge in [-0.15, -0.1) is 10.2 Å². The minimum Gasteiger partial charge on any atom is -0.484 e. The van der Waals surface area contributed by atoms with Crippen LogP contribution in [0.4, 0.5) is 0 Å². The Morgan fingerprint density at radius 3 is 2.71 bits per heavy atom. The van der Waals surface area contributed by atoms with E-state index in [1.165, 1.54) is 11.8 Å². The summed E-state index contributed by atoms with van der Waals surface area (Å²) in [6.45, 7) is 3.81. The zero-order valence-electron chi connectivity index (χ0n) is 12.2. The van der Waals surface area contributed by atoms with Crippen molar-refractivity contribution in [2.24, 2.45) is 7.05 Å². The second-order valence-electron chi connectivity index (χ2n) is 5.28. The first-order valence-electron chi connectivity index (χ1n) is 6.47. The van der Waals surface area contributed by atoms with Crippen LogP contribution in [-0.2, 0) is 13.7 Å². The third-order valence-electron chi connectivity index (χ3n) is 2.67. The van der Waals surface area contributed by atoms with E-state index in [1.807, 2.05) is 29.8 Å². The lowest BCUT2D eigenvalue weighted by Gasteiger charge is -2.15. The van der Waals surface area contributed by atoms with E-state index in [0.717, 1.165) is 5.16 Å². The first-order valence-corrected chi connectivity index (χ1v) is 7.84. The van der Waals surface area contributed by atoms with Crippen molar-refractivity contribution in [3.63, 3.8) is 0 Å². The largest absolute Gasteiger partial charge is 0.484 e. The minimum atomic E-state index is -0.745. The van der Waals surface area contributed by atoms with Gasteiger partial charge in [0, 0.05) is 12.8 Å². The zero-order chi connectivity index (χ0) is 15.5. The first kappa shape index (κ1) is 16.1. The Morgan fingerprint density at radius 1 is 1.33 bits per heavy atom. The molecule has 0 aliphatic rings. The topological polar surface area (TPSA) is 60.2 Å². The van der Waals surface area contributed by atoms with E-state index in [1.54, 1.807) is 19.9 Å². The number of halogens is 1. The summed E-state index contributed by atoms with van der Waals surface area (Å²) in [7, 11) is 1.87. The molecule has 2 aromatic rings. The van der Waals surface area contributed by atoms with Crippen LogP contribution in [0.2, 0.25) is 5.02 Å². The van der Waals surface area contributed by atoms with Crippen molar-refractivity contribution in [1.82, 2.24) is 14.8 Å². The number of thioether (sulfide) groups is 1. The van der Waals surface area contributed by atoms with Crippen LogP contribution < -0.4 is 4.74 Å². The van der Waals surface area contributed by atoms with Gasteiger partial charge in [0.25, 0.3) is 0 Å². The summed E-state index contributed by atoms with van der Waals surface area (Å²) >= 11 is 7.49. The van der Waals surface area contributed by atoms with Crippen molar-refractivity contribution in [1.29, 1.82) is 0 Å². The van der Waals surface area contributed by atoms with Crippen molar-refractivity contribution in [2.75, 3.05) is 5.75 Å². The Balaban J connectivity index is 1.99. The molecule has 0 saturated heterocycles. The maximum atomic E-state index is 9.74. The highest BCUT2D eigenvalue weighted by molar-refractivity contribution is 7.99. The normalized spacial score (nSPS) is 11.7. The highest BCUT2D eigenvalue weighted by Gasteiger charge is 2.16. The third kappa shape index (κ3) is 4.62. The molecule has 0 unspecified atom stereocenters. The van der Waals surface area contributed by atoms with Gasteiger partial charge >= 0.3 is 0 Å². The number of hydrogen-bond acceptors (Lipinski definition) is 5. The fourth-order valence-corrected chi connectivity index (χ4v) is 2.61. The number of hydrogen-bond donors (Lipinski definition) is 1. The second-order valence-corrected chi connectivity index (χ2v) is 6.63. The van der Waals surface area contributed by atoms with Gasteiger partial charge in [0.05, 0.1) is 10.6 Å². The molecule has 0 aliphatic carbocycles. The average molecular weight is 328 g/mol. The molecule has 0 spiro atoms. The van der Waals surface area contributed by atoms with Gasteiger partial charge in [-0.2, -0.15) is 0 Å². The summed E-state index contributed by atoms with van der Waals surface area (Å²) in [5, 5.41) is 19.3. The summed E-state index contributed by atoms with van der Waals surface area (Å²) in [4.78, 5) is 0. The van der Waals surface area contributed by atoms with Crippen LogP contribution >= 0.6 is 23.4 Å². The fourth-order valence-electron chi connectivity index (χ4n) is 1.54. The van der Waals surface area contributed by atoms with Crippen molar-refractivity contribution >= 4 is 23.4 Å². The first-order chi connectivity index (χ1) is 9.87. The molecule has 0 aliphatic heterocycles. The summed E-state index contributed by atoms with van der Waals surface area (Å²) in [5.74, 6) is 1.87. The van der Waals surface area contributed by atoms with Crippen molar-refractivity contribution in [3.05, 3.63) is 35.1 Å². The van der Waals surface area contributed by atoms with Crippen LogP contribution in [0.25, 0.3) is 0 Å². The number of aliphatic hydroxyl groups is 1. The lowest BCUT2D eigenvalue weighted by Crippen LogP contribution is -2.22. The van der Waals surface area contributed by atoms with Crippen LogP contribution in [-0.4, -0.2) is 31.2 Å². The lowest BCUT2D eigenvalue weighted by molar-refractivity contribution is 0.107. The highest BCUT2D eigenvalue weighted by Crippen LogP contribution is 2.25. The molecule has 114 valence electrons. The fraction of sp³-hybridized carbons (Fsp3) is 0.429. The number of benzene rings is 1. The number of ether oxygens (including phenoxy) is 1. The molecule has 5 nitrogen and oxygen atoms in total. The van der Waals surface area contributed by atoms with E-state index in [-0.39, 0.29) is 6.61 Å². The molecule has 1 heterocycles. The van der Waals surface area contributed by atoms with E-state index in [9.17, 15) is 5.11 Å². The van der Waals surface area contributed by atoms with E-state index in [2.05, 4.69) is 10.2 Å². The van der Waals surface area contributed by atoms with E-state index >= 15 is 0 Å². The monoisotopic (exact) mass is 327 g/mol. The maximum absolute atomic E-state index is 9.74. The zero-order valence-corrected chi connectivity index (χ0v) is 13.8.